The van der Waals surface area contributed by atoms with Crippen LogP contribution >= 0.6 is 0 Å². The summed E-state index contributed by atoms with van der Waals surface area (Å²) < 4.78 is 4.81. The molecule has 0 radical (unpaired) electrons. The minimum Gasteiger partial charge on any atom is -0.462 e. The number of unbranched alkanes of at least 4 members (excludes halogenated alkanes) is 1. The molecule has 2 heteroatoms. The van der Waals surface area contributed by atoms with Crippen molar-refractivity contribution >= 4 is 5.97 Å². The number of hydrogen-bond donors (Lipinski definition) is 0. The van der Waals surface area contributed by atoms with Crippen LogP contribution in [0.2, 0.25) is 0 Å². The van der Waals surface area contributed by atoms with Crippen LogP contribution in [-0.2, 0) is 9.53 Å². The van der Waals surface area contributed by atoms with Gasteiger partial charge in [0, 0.05) is 5.57 Å². The Balaban J connectivity index is 0. The first kappa shape index (κ1) is 15.2. The van der Waals surface area contributed by atoms with E-state index in [0.29, 0.717) is 12.2 Å². The average molecular weight is 196 g/mol. The number of rotatable bonds is 5. The van der Waals surface area contributed by atoms with Crippen molar-refractivity contribution in [1.29, 1.82) is 0 Å². The van der Waals surface area contributed by atoms with Crippen LogP contribution < -0.4 is 0 Å². The summed E-state index contributed by atoms with van der Waals surface area (Å²) in [6.07, 6.45) is 5.25. The first-order valence-corrected chi connectivity index (χ1v) is 4.66. The fourth-order valence-electron chi connectivity index (χ4n) is 0.432. The minimum atomic E-state index is -0.284. The Morgan fingerprint density at radius 2 is 1.86 bits per heavy atom. The van der Waals surface area contributed by atoms with Gasteiger partial charge in [0.1, 0.15) is 0 Å². The van der Waals surface area contributed by atoms with Crippen molar-refractivity contribution in [1.82, 2.24) is 0 Å². The molecule has 14 heavy (non-hydrogen) atoms. The Hall–Kier alpha value is -1.31. The van der Waals surface area contributed by atoms with Gasteiger partial charge in [-0.1, -0.05) is 45.2 Å². The number of ether oxygens (including phenoxy) is 1. The van der Waals surface area contributed by atoms with E-state index in [1.165, 1.54) is 0 Å². The summed E-state index contributed by atoms with van der Waals surface area (Å²) in [7, 11) is 0. The lowest BCUT2D eigenvalue weighted by atomic mass is 10.3. The van der Waals surface area contributed by atoms with E-state index in [1.54, 1.807) is 19.1 Å². The van der Waals surface area contributed by atoms with Crippen LogP contribution in [0.15, 0.2) is 37.5 Å². The molecular formula is C12H20O2. The van der Waals surface area contributed by atoms with Gasteiger partial charge in [-0.05, 0) is 13.3 Å². The normalized spacial score (nSPS) is 7.86. The van der Waals surface area contributed by atoms with Gasteiger partial charge in [-0.25, -0.2) is 4.79 Å². The van der Waals surface area contributed by atoms with E-state index >= 15 is 0 Å². The molecule has 0 amide bonds. The zero-order chi connectivity index (χ0) is 11.4. The molecular weight excluding hydrogens is 176 g/mol. The maximum Gasteiger partial charge on any atom is 0.333 e. The van der Waals surface area contributed by atoms with Crippen LogP contribution in [0.3, 0.4) is 0 Å². The van der Waals surface area contributed by atoms with Crippen LogP contribution in [0.4, 0.5) is 0 Å². The lowest BCUT2D eigenvalue weighted by molar-refractivity contribution is -0.139. The second-order valence-electron chi connectivity index (χ2n) is 2.74. The van der Waals surface area contributed by atoms with Crippen LogP contribution in [0.1, 0.15) is 26.7 Å². The van der Waals surface area contributed by atoms with Crippen molar-refractivity contribution in [3.8, 4) is 0 Å². The standard InChI is InChI=1S/C8H14O2.C4H6/c1-4-5-6-10-8(9)7(2)3;1-3-4-2/h2,4-6H2,1,3H3;3-4H,1-2H2. The molecule has 0 aromatic heterocycles. The SMILES string of the molecule is C=C(C)C(=O)OCCCC.C=CC=C. The highest BCUT2D eigenvalue weighted by Crippen LogP contribution is 1.94. The number of esters is 1. The van der Waals surface area contributed by atoms with Crippen LogP contribution in [0.5, 0.6) is 0 Å². The zero-order valence-electron chi connectivity index (χ0n) is 9.21. The van der Waals surface area contributed by atoms with Crippen molar-refractivity contribution in [2.45, 2.75) is 26.7 Å². The average Bonchev–Trinajstić information content (AvgIpc) is 2.18. The molecule has 2 nitrogen and oxygen atoms in total. The Kier molecular flexibility index (Phi) is 12.7. The van der Waals surface area contributed by atoms with Crippen LogP contribution in [0, 0.1) is 0 Å². The highest BCUT2D eigenvalue weighted by atomic mass is 16.5. The van der Waals surface area contributed by atoms with Gasteiger partial charge in [0.05, 0.1) is 6.61 Å². The molecule has 0 saturated carbocycles. The third-order valence-electron chi connectivity index (χ3n) is 1.25. The maximum atomic E-state index is 10.7. The third-order valence-corrected chi connectivity index (χ3v) is 1.25. The summed E-state index contributed by atoms with van der Waals surface area (Å²) in [5, 5.41) is 0. The van der Waals surface area contributed by atoms with Crippen molar-refractivity contribution in [2.24, 2.45) is 0 Å². The van der Waals surface area contributed by atoms with Gasteiger partial charge in [-0.3, -0.25) is 0 Å². The Morgan fingerprint density at radius 3 is 2.14 bits per heavy atom. The molecule has 0 bridgehead atoms. The smallest absolute Gasteiger partial charge is 0.333 e. The van der Waals surface area contributed by atoms with Gasteiger partial charge in [0.25, 0.3) is 0 Å². The lowest BCUT2D eigenvalue weighted by Crippen LogP contribution is -2.05. The third kappa shape index (κ3) is 13.3. The van der Waals surface area contributed by atoms with Gasteiger partial charge in [-0.15, -0.1) is 0 Å². The van der Waals surface area contributed by atoms with Crippen molar-refractivity contribution in [3.63, 3.8) is 0 Å². The first-order valence-electron chi connectivity index (χ1n) is 4.66. The topological polar surface area (TPSA) is 26.3 Å². The maximum absolute atomic E-state index is 10.7. The van der Waals surface area contributed by atoms with Crippen molar-refractivity contribution in [3.05, 3.63) is 37.5 Å². The molecule has 0 aromatic rings. The molecule has 80 valence electrons. The van der Waals surface area contributed by atoms with E-state index in [2.05, 4.69) is 26.7 Å². The second kappa shape index (κ2) is 11.7. The predicted octanol–water partition coefficient (Wildman–Crippen LogP) is 3.26. The van der Waals surface area contributed by atoms with Crippen LogP contribution in [-0.4, -0.2) is 12.6 Å². The van der Waals surface area contributed by atoms with Gasteiger partial charge >= 0.3 is 5.97 Å². The summed E-state index contributed by atoms with van der Waals surface area (Å²) in [4.78, 5) is 10.7. The molecule has 0 fully saturated rings. The Morgan fingerprint density at radius 1 is 1.36 bits per heavy atom. The van der Waals surface area contributed by atoms with E-state index in [9.17, 15) is 4.79 Å². The van der Waals surface area contributed by atoms with Gasteiger partial charge in [-0.2, -0.15) is 0 Å². The summed E-state index contributed by atoms with van der Waals surface area (Å²) in [5.41, 5.74) is 0.469. The molecule has 0 unspecified atom stereocenters. The number of allylic oxidation sites excluding steroid dienone is 2. The molecule has 0 spiro atoms. The fourth-order valence-corrected chi connectivity index (χ4v) is 0.432. The van der Waals surface area contributed by atoms with Gasteiger partial charge in [0.15, 0.2) is 0 Å². The molecule has 0 N–H and O–H groups in total. The molecule has 0 rings (SSSR count). The predicted molar refractivity (Wildman–Crippen MR) is 61.1 cm³/mol. The summed E-state index contributed by atoms with van der Waals surface area (Å²) in [6, 6.07) is 0. The minimum absolute atomic E-state index is 0.284. The largest absolute Gasteiger partial charge is 0.462 e. The van der Waals surface area contributed by atoms with E-state index in [0.717, 1.165) is 12.8 Å². The molecule has 0 aliphatic heterocycles. The Labute approximate surface area is 87.0 Å². The quantitative estimate of drug-likeness (QED) is 0.292. The van der Waals surface area contributed by atoms with Crippen LogP contribution in [0.25, 0.3) is 0 Å². The summed E-state index contributed by atoms with van der Waals surface area (Å²) >= 11 is 0. The Bertz CT molecular complexity index is 186. The first-order chi connectivity index (χ1) is 6.59. The summed E-state index contributed by atoms with van der Waals surface area (Å²) in [5.74, 6) is -0.284. The van der Waals surface area contributed by atoms with Crippen molar-refractivity contribution < 1.29 is 9.53 Å². The fraction of sp³-hybridized carbons (Fsp3) is 0.417. The molecule has 0 atom stereocenters. The van der Waals surface area contributed by atoms with Gasteiger partial charge < -0.3 is 4.74 Å². The molecule has 0 aliphatic carbocycles. The number of carbonyl (C=O) groups excluding carboxylic acids is 1. The monoisotopic (exact) mass is 196 g/mol. The van der Waals surface area contributed by atoms with Gasteiger partial charge in [0.2, 0.25) is 0 Å². The lowest BCUT2D eigenvalue weighted by Gasteiger charge is -2.01. The van der Waals surface area contributed by atoms with E-state index in [-0.39, 0.29) is 5.97 Å². The number of hydrogen-bond acceptors (Lipinski definition) is 2. The van der Waals surface area contributed by atoms with E-state index < -0.39 is 0 Å². The zero-order valence-corrected chi connectivity index (χ0v) is 9.21. The highest BCUT2D eigenvalue weighted by Gasteiger charge is 2.00. The number of carbonyl (C=O) groups is 1. The highest BCUT2D eigenvalue weighted by molar-refractivity contribution is 5.86. The van der Waals surface area contributed by atoms with E-state index in [1.807, 2.05) is 0 Å². The summed E-state index contributed by atoms with van der Waals surface area (Å²) in [6.45, 7) is 14.4. The molecule has 0 aromatic carbocycles. The van der Waals surface area contributed by atoms with E-state index in [4.69, 9.17) is 4.74 Å². The second-order valence-corrected chi connectivity index (χ2v) is 2.74. The molecule has 0 saturated heterocycles. The molecule has 0 heterocycles. The van der Waals surface area contributed by atoms with Crippen molar-refractivity contribution in [2.75, 3.05) is 6.61 Å². The molecule has 0 aliphatic rings.